The lowest BCUT2D eigenvalue weighted by molar-refractivity contribution is -0.122. The maximum Gasteiger partial charge on any atom is 0.297 e. The van der Waals surface area contributed by atoms with Crippen molar-refractivity contribution in [2.45, 2.75) is 11.8 Å². The number of aromatic nitrogens is 1. The molecule has 2 N–H and O–H groups in total. The molecular formula is C18H17N3O4S. The van der Waals surface area contributed by atoms with Gasteiger partial charge in [-0.25, -0.2) is 5.43 Å². The van der Waals surface area contributed by atoms with Gasteiger partial charge in [-0.15, -0.1) is 0 Å². The Bertz CT molecular complexity index is 1050. The molecule has 0 saturated heterocycles. The number of aromatic amines is 1. The average Bonchev–Trinajstić information content (AvgIpc) is 3.10. The lowest BCUT2D eigenvalue weighted by Crippen LogP contribution is -2.25. The van der Waals surface area contributed by atoms with Gasteiger partial charge in [-0.2, -0.15) is 13.5 Å². The van der Waals surface area contributed by atoms with Gasteiger partial charge in [-0.3, -0.25) is 8.98 Å². The minimum absolute atomic E-state index is 0.00135. The highest BCUT2D eigenvalue weighted by molar-refractivity contribution is 7.86. The van der Waals surface area contributed by atoms with Gasteiger partial charge in [-0.1, -0.05) is 29.8 Å². The molecule has 0 aliphatic carbocycles. The molecule has 1 amide bonds. The molecule has 7 nitrogen and oxygen atoms in total. The smallest absolute Gasteiger partial charge is 0.297 e. The molecule has 0 bridgehead atoms. The van der Waals surface area contributed by atoms with E-state index in [1.54, 1.807) is 12.1 Å². The van der Waals surface area contributed by atoms with E-state index in [0.29, 0.717) is 0 Å². The van der Waals surface area contributed by atoms with Gasteiger partial charge in [0.2, 0.25) is 0 Å². The van der Waals surface area contributed by atoms with E-state index < -0.39 is 22.6 Å². The molecule has 3 rings (SSSR count). The first-order valence-electron chi connectivity index (χ1n) is 7.80. The molecule has 0 radical (unpaired) electrons. The van der Waals surface area contributed by atoms with Gasteiger partial charge in [0.15, 0.2) is 0 Å². The van der Waals surface area contributed by atoms with Crippen LogP contribution in [-0.4, -0.2) is 32.1 Å². The normalized spacial score (nSPS) is 11.9. The molecule has 0 spiro atoms. The summed E-state index contributed by atoms with van der Waals surface area (Å²) in [4.78, 5) is 14.8. The zero-order valence-corrected chi connectivity index (χ0v) is 14.8. The zero-order chi connectivity index (χ0) is 18.6. The van der Waals surface area contributed by atoms with Gasteiger partial charge in [0.1, 0.15) is 6.61 Å². The Morgan fingerprint density at radius 1 is 1.19 bits per heavy atom. The lowest BCUT2D eigenvalue weighted by atomic mass is 10.1. The number of rotatable bonds is 6. The highest BCUT2D eigenvalue weighted by atomic mass is 32.2. The van der Waals surface area contributed by atoms with Crippen LogP contribution in [0.4, 0.5) is 0 Å². The second-order valence-corrected chi connectivity index (χ2v) is 7.22. The van der Waals surface area contributed by atoms with Crippen LogP contribution in [0, 0.1) is 6.92 Å². The fraction of sp³-hybridized carbons (Fsp3) is 0.111. The number of H-pyrrole nitrogens is 1. The predicted molar refractivity (Wildman–Crippen MR) is 98.4 cm³/mol. The summed E-state index contributed by atoms with van der Waals surface area (Å²) in [6, 6.07) is 13.7. The summed E-state index contributed by atoms with van der Waals surface area (Å²) < 4.78 is 28.8. The molecule has 0 aliphatic heterocycles. The summed E-state index contributed by atoms with van der Waals surface area (Å²) in [5.41, 5.74) is 4.95. The number of carbonyl (C=O) groups excluding carboxylic acids is 1. The molecule has 8 heteroatoms. The highest BCUT2D eigenvalue weighted by Crippen LogP contribution is 2.15. The predicted octanol–water partition coefficient (Wildman–Crippen LogP) is 2.33. The van der Waals surface area contributed by atoms with E-state index in [1.807, 2.05) is 37.4 Å². The molecule has 26 heavy (non-hydrogen) atoms. The van der Waals surface area contributed by atoms with Crippen molar-refractivity contribution >= 4 is 33.1 Å². The Morgan fingerprint density at radius 3 is 2.73 bits per heavy atom. The summed E-state index contributed by atoms with van der Waals surface area (Å²) in [6.07, 6.45) is 3.30. The molecule has 3 aromatic rings. The second-order valence-electron chi connectivity index (χ2n) is 5.61. The Balaban J connectivity index is 1.57. The van der Waals surface area contributed by atoms with Crippen LogP contribution < -0.4 is 5.43 Å². The molecule has 0 saturated carbocycles. The standard InChI is InChI=1S/C18H17N3O4S/c1-13-5-7-15(8-6-13)26(23,24)25-12-18(22)21-20-11-14-3-2-4-17-16(14)9-10-19-17/h2-11,19H,12H2,1H3,(H,21,22)/b20-11+. The molecule has 1 heterocycles. The Kier molecular flexibility index (Phi) is 5.15. The van der Waals surface area contributed by atoms with Gasteiger partial charge in [0.25, 0.3) is 16.0 Å². The van der Waals surface area contributed by atoms with Crippen molar-refractivity contribution in [1.29, 1.82) is 0 Å². The van der Waals surface area contributed by atoms with Crippen LogP contribution in [0.1, 0.15) is 11.1 Å². The number of carbonyl (C=O) groups is 1. The number of benzene rings is 2. The number of hydrogen-bond acceptors (Lipinski definition) is 5. The number of fused-ring (bicyclic) bond motifs is 1. The third-order valence-corrected chi connectivity index (χ3v) is 4.95. The average molecular weight is 371 g/mol. The minimum Gasteiger partial charge on any atom is -0.361 e. The van der Waals surface area contributed by atoms with Crippen molar-refractivity contribution in [2.24, 2.45) is 5.10 Å². The first-order chi connectivity index (χ1) is 12.5. The van der Waals surface area contributed by atoms with Crippen LogP contribution in [0.2, 0.25) is 0 Å². The van der Waals surface area contributed by atoms with Crippen LogP contribution in [-0.2, 0) is 19.1 Å². The van der Waals surface area contributed by atoms with Crippen LogP contribution in [0.25, 0.3) is 10.9 Å². The van der Waals surface area contributed by atoms with Crippen molar-refractivity contribution < 1.29 is 17.4 Å². The molecule has 0 aliphatic rings. The lowest BCUT2D eigenvalue weighted by Gasteiger charge is -2.05. The monoisotopic (exact) mass is 371 g/mol. The summed E-state index contributed by atoms with van der Waals surface area (Å²) >= 11 is 0. The quantitative estimate of drug-likeness (QED) is 0.394. The molecule has 134 valence electrons. The van der Waals surface area contributed by atoms with E-state index in [-0.39, 0.29) is 4.90 Å². The fourth-order valence-corrected chi connectivity index (χ4v) is 3.20. The van der Waals surface area contributed by atoms with E-state index in [1.165, 1.54) is 18.3 Å². The first-order valence-corrected chi connectivity index (χ1v) is 9.21. The number of amides is 1. The Labute approximate surface area is 150 Å². The third kappa shape index (κ3) is 4.16. The molecule has 1 aromatic heterocycles. The summed E-state index contributed by atoms with van der Waals surface area (Å²) in [5.74, 6) is -0.668. The summed E-state index contributed by atoms with van der Waals surface area (Å²) in [6.45, 7) is 1.19. The highest BCUT2D eigenvalue weighted by Gasteiger charge is 2.16. The maximum absolute atomic E-state index is 12.0. The van der Waals surface area contributed by atoms with Crippen LogP contribution >= 0.6 is 0 Å². The van der Waals surface area contributed by atoms with Crippen LogP contribution in [0.5, 0.6) is 0 Å². The number of nitrogens with one attached hydrogen (secondary N) is 2. The maximum atomic E-state index is 12.0. The van der Waals surface area contributed by atoms with Gasteiger partial charge < -0.3 is 4.98 Å². The Morgan fingerprint density at radius 2 is 1.96 bits per heavy atom. The fourth-order valence-electron chi connectivity index (χ4n) is 2.33. The molecule has 0 fully saturated rings. The number of hydrazone groups is 1. The van der Waals surface area contributed by atoms with Gasteiger partial charge in [-0.05, 0) is 31.2 Å². The van der Waals surface area contributed by atoms with E-state index in [4.69, 9.17) is 4.18 Å². The van der Waals surface area contributed by atoms with Crippen LogP contribution in [0.3, 0.4) is 0 Å². The van der Waals surface area contributed by atoms with Gasteiger partial charge in [0.05, 0.1) is 11.1 Å². The van der Waals surface area contributed by atoms with E-state index in [2.05, 4.69) is 15.5 Å². The second kappa shape index (κ2) is 7.51. The zero-order valence-electron chi connectivity index (χ0n) is 14.0. The van der Waals surface area contributed by atoms with E-state index >= 15 is 0 Å². The minimum atomic E-state index is -3.99. The van der Waals surface area contributed by atoms with E-state index in [0.717, 1.165) is 22.0 Å². The van der Waals surface area contributed by atoms with Crippen molar-refractivity contribution in [3.63, 3.8) is 0 Å². The van der Waals surface area contributed by atoms with Gasteiger partial charge in [0, 0.05) is 22.7 Å². The molecule has 2 aromatic carbocycles. The van der Waals surface area contributed by atoms with Crippen molar-refractivity contribution in [2.75, 3.05) is 6.61 Å². The topological polar surface area (TPSA) is 101 Å². The Hall–Kier alpha value is -2.97. The van der Waals surface area contributed by atoms with Crippen molar-refractivity contribution in [1.82, 2.24) is 10.4 Å². The van der Waals surface area contributed by atoms with Crippen molar-refractivity contribution in [3.8, 4) is 0 Å². The molecule has 0 unspecified atom stereocenters. The number of aryl methyl sites for hydroxylation is 1. The molecule has 0 atom stereocenters. The van der Waals surface area contributed by atoms with E-state index in [9.17, 15) is 13.2 Å². The summed E-state index contributed by atoms with van der Waals surface area (Å²) in [5, 5.41) is 4.80. The van der Waals surface area contributed by atoms with Crippen molar-refractivity contribution in [3.05, 3.63) is 65.9 Å². The largest absolute Gasteiger partial charge is 0.361 e. The van der Waals surface area contributed by atoms with Crippen LogP contribution in [0.15, 0.2) is 64.7 Å². The third-order valence-electron chi connectivity index (χ3n) is 3.68. The summed E-state index contributed by atoms with van der Waals surface area (Å²) in [7, 11) is -3.99. The first kappa shape index (κ1) is 17.8. The van der Waals surface area contributed by atoms with Gasteiger partial charge >= 0.3 is 0 Å². The SMILES string of the molecule is Cc1ccc(S(=O)(=O)OCC(=O)N/N=C/c2cccc3[nH]ccc23)cc1. The number of nitrogens with zero attached hydrogens (tertiary/aromatic N) is 1. The number of hydrogen-bond donors (Lipinski definition) is 2. The molecular weight excluding hydrogens is 354 g/mol.